The molecule has 0 spiro atoms. The summed E-state index contributed by atoms with van der Waals surface area (Å²) in [5.74, 6) is -3.94. The van der Waals surface area contributed by atoms with E-state index in [0.717, 1.165) is 0 Å². The van der Waals surface area contributed by atoms with Crippen molar-refractivity contribution in [1.29, 1.82) is 0 Å². The molecule has 0 heterocycles. The summed E-state index contributed by atoms with van der Waals surface area (Å²) >= 11 is 0. The molecule has 0 saturated heterocycles. The summed E-state index contributed by atoms with van der Waals surface area (Å²) in [6.45, 7) is 9.79. The third kappa shape index (κ3) is 7.71. The predicted molar refractivity (Wildman–Crippen MR) is 93.2 cm³/mol. The smallest absolute Gasteiger partial charge is 0.408 e. The minimum absolute atomic E-state index is 0.208. The first-order chi connectivity index (χ1) is 12.1. The molecule has 1 aliphatic rings. The van der Waals surface area contributed by atoms with Gasteiger partial charge in [0.1, 0.15) is 23.3 Å². The van der Waals surface area contributed by atoms with Gasteiger partial charge in [-0.1, -0.05) is 0 Å². The van der Waals surface area contributed by atoms with Gasteiger partial charge in [0.25, 0.3) is 0 Å². The van der Waals surface area contributed by atoms with Crippen molar-refractivity contribution in [3.63, 3.8) is 0 Å². The molecule has 0 aromatic carbocycles. The van der Waals surface area contributed by atoms with Gasteiger partial charge >= 0.3 is 24.1 Å². The fraction of sp³-hybridized carbons (Fsp3) is 0.765. The summed E-state index contributed by atoms with van der Waals surface area (Å²) in [5.41, 5.74) is -1.62. The van der Waals surface area contributed by atoms with E-state index in [-0.39, 0.29) is 6.42 Å². The van der Waals surface area contributed by atoms with Crippen molar-refractivity contribution < 1.29 is 38.9 Å². The van der Waals surface area contributed by atoms with E-state index in [2.05, 4.69) is 10.6 Å². The van der Waals surface area contributed by atoms with Gasteiger partial charge in [0.05, 0.1) is 0 Å². The number of rotatable bonds is 6. The largest absolute Gasteiger partial charge is 0.480 e. The van der Waals surface area contributed by atoms with Crippen LogP contribution in [0.4, 0.5) is 9.59 Å². The molecule has 4 N–H and O–H groups in total. The first-order valence-electron chi connectivity index (χ1n) is 8.55. The normalized spacial score (nSPS) is 21.4. The molecule has 1 fully saturated rings. The highest BCUT2D eigenvalue weighted by molar-refractivity contribution is 5.83. The molecule has 1 aliphatic carbocycles. The Morgan fingerprint density at radius 1 is 0.778 bits per heavy atom. The Hall–Kier alpha value is -2.52. The molecule has 4 atom stereocenters. The molecule has 1 rings (SSSR count). The molecule has 154 valence electrons. The SMILES string of the molecule is CC(C)(C)OC(=O)N[C@H](C(=O)O)[C@@H]1C[C@H]1[C@H](NC(=O)OC(C)(C)C)C(=O)O. The number of hydrogen-bond donors (Lipinski definition) is 4. The molecule has 2 amide bonds. The Morgan fingerprint density at radius 3 is 1.30 bits per heavy atom. The lowest BCUT2D eigenvalue weighted by Crippen LogP contribution is -2.48. The zero-order valence-corrected chi connectivity index (χ0v) is 16.4. The van der Waals surface area contributed by atoms with Gasteiger partial charge in [0.15, 0.2) is 0 Å². The zero-order valence-electron chi connectivity index (χ0n) is 16.4. The Labute approximate surface area is 157 Å². The average Bonchev–Trinajstić information content (AvgIpc) is 3.17. The Morgan fingerprint density at radius 2 is 1.07 bits per heavy atom. The van der Waals surface area contributed by atoms with Gasteiger partial charge in [-0.2, -0.15) is 0 Å². The van der Waals surface area contributed by atoms with Gasteiger partial charge in [0, 0.05) is 0 Å². The van der Waals surface area contributed by atoms with Crippen LogP contribution in [-0.2, 0) is 19.1 Å². The molecule has 0 radical (unpaired) electrons. The van der Waals surface area contributed by atoms with E-state index in [1.807, 2.05) is 0 Å². The van der Waals surface area contributed by atoms with Crippen molar-refractivity contribution >= 4 is 24.1 Å². The van der Waals surface area contributed by atoms with Crippen molar-refractivity contribution in [2.45, 2.75) is 71.2 Å². The number of carbonyl (C=O) groups excluding carboxylic acids is 2. The summed E-state index contributed by atoms with van der Waals surface area (Å²) < 4.78 is 10.1. The monoisotopic (exact) mass is 388 g/mol. The lowest BCUT2D eigenvalue weighted by molar-refractivity contribution is -0.142. The minimum atomic E-state index is -1.33. The van der Waals surface area contributed by atoms with Crippen LogP contribution in [0.3, 0.4) is 0 Å². The summed E-state index contributed by atoms with van der Waals surface area (Å²) in [6, 6.07) is -2.65. The molecule has 0 aliphatic heterocycles. The topological polar surface area (TPSA) is 151 Å². The van der Waals surface area contributed by atoms with Crippen molar-refractivity contribution in [2.75, 3.05) is 0 Å². The van der Waals surface area contributed by atoms with E-state index in [4.69, 9.17) is 9.47 Å². The number of amides is 2. The van der Waals surface area contributed by atoms with E-state index >= 15 is 0 Å². The van der Waals surface area contributed by atoms with Crippen molar-refractivity contribution in [1.82, 2.24) is 10.6 Å². The molecule has 0 aromatic heterocycles. The molecule has 10 heteroatoms. The summed E-state index contributed by atoms with van der Waals surface area (Å²) in [4.78, 5) is 46.7. The average molecular weight is 388 g/mol. The first kappa shape index (κ1) is 22.5. The van der Waals surface area contributed by atoms with Crippen LogP contribution in [0.25, 0.3) is 0 Å². The van der Waals surface area contributed by atoms with Crippen molar-refractivity contribution in [2.24, 2.45) is 11.8 Å². The zero-order chi connectivity index (χ0) is 21.2. The minimum Gasteiger partial charge on any atom is -0.480 e. The van der Waals surface area contributed by atoms with Crippen LogP contribution in [0.5, 0.6) is 0 Å². The highest BCUT2D eigenvalue weighted by Gasteiger charge is 2.53. The molecule has 0 bridgehead atoms. The van der Waals surface area contributed by atoms with E-state index in [1.54, 1.807) is 41.5 Å². The second-order valence-corrected chi connectivity index (χ2v) is 8.49. The fourth-order valence-corrected chi connectivity index (χ4v) is 2.58. The van der Waals surface area contributed by atoms with Crippen LogP contribution in [0.2, 0.25) is 0 Å². The number of alkyl carbamates (subject to hydrolysis) is 2. The van der Waals surface area contributed by atoms with Crippen LogP contribution < -0.4 is 10.6 Å². The molecule has 1 saturated carbocycles. The lowest BCUT2D eigenvalue weighted by Gasteiger charge is -2.23. The summed E-state index contributed by atoms with van der Waals surface area (Å²) in [6.07, 6.45) is -1.61. The van der Waals surface area contributed by atoms with Gasteiger partial charge in [-0.05, 0) is 59.8 Å². The molecule has 10 nitrogen and oxygen atoms in total. The fourth-order valence-electron chi connectivity index (χ4n) is 2.58. The van der Waals surface area contributed by atoms with Crippen LogP contribution in [-0.4, -0.2) is 57.6 Å². The van der Waals surface area contributed by atoms with Crippen LogP contribution in [0, 0.1) is 11.8 Å². The first-order valence-corrected chi connectivity index (χ1v) is 8.55. The Balaban J connectivity index is 2.77. The highest BCUT2D eigenvalue weighted by atomic mass is 16.6. The summed E-state index contributed by atoms with van der Waals surface area (Å²) in [7, 11) is 0. The number of carboxylic acid groups (broad SMARTS) is 2. The van der Waals surface area contributed by atoms with Crippen LogP contribution >= 0.6 is 0 Å². The molecule has 0 unspecified atom stereocenters. The van der Waals surface area contributed by atoms with E-state index < -0.39 is 59.2 Å². The number of ether oxygens (including phenoxy) is 2. The van der Waals surface area contributed by atoms with Crippen molar-refractivity contribution in [3.8, 4) is 0 Å². The van der Waals surface area contributed by atoms with Gasteiger partial charge in [-0.3, -0.25) is 0 Å². The number of carboxylic acids is 2. The maximum atomic E-state index is 11.8. The van der Waals surface area contributed by atoms with Crippen LogP contribution in [0.1, 0.15) is 48.0 Å². The van der Waals surface area contributed by atoms with Crippen molar-refractivity contribution in [3.05, 3.63) is 0 Å². The van der Waals surface area contributed by atoms with Gasteiger partial charge in [0.2, 0.25) is 0 Å². The second-order valence-electron chi connectivity index (χ2n) is 8.49. The number of nitrogens with one attached hydrogen (secondary N) is 2. The van der Waals surface area contributed by atoms with E-state index in [1.165, 1.54) is 0 Å². The third-order valence-electron chi connectivity index (χ3n) is 3.62. The molecular formula is C17H28N2O8. The molecule has 0 aromatic rings. The second kappa shape index (κ2) is 8.01. The third-order valence-corrected chi connectivity index (χ3v) is 3.62. The van der Waals surface area contributed by atoms with E-state index in [9.17, 15) is 29.4 Å². The highest BCUT2D eigenvalue weighted by Crippen LogP contribution is 2.44. The number of hydrogen-bond acceptors (Lipinski definition) is 6. The predicted octanol–water partition coefficient (Wildman–Crippen LogP) is 1.58. The maximum Gasteiger partial charge on any atom is 0.408 e. The van der Waals surface area contributed by atoms with Gasteiger partial charge in [-0.15, -0.1) is 0 Å². The van der Waals surface area contributed by atoms with E-state index in [0.29, 0.717) is 0 Å². The van der Waals surface area contributed by atoms with Gasteiger partial charge < -0.3 is 30.3 Å². The lowest BCUT2D eigenvalue weighted by atomic mass is 10.1. The molecule has 27 heavy (non-hydrogen) atoms. The maximum absolute atomic E-state index is 11.8. The summed E-state index contributed by atoms with van der Waals surface area (Å²) in [5, 5.41) is 23.3. The number of aliphatic carboxylic acids is 2. The number of carbonyl (C=O) groups is 4. The standard InChI is InChI=1S/C17H28N2O8/c1-16(2,3)26-14(24)18-10(12(20)21)8-7-9(8)11(13(22)23)19-15(25)27-17(4,5)6/h8-11H,7H2,1-6H3,(H,18,24)(H,19,25)(H,20,21)(H,22,23)/t8-,9-,10+,11+/m1/s1. The van der Waals surface area contributed by atoms with Crippen LogP contribution in [0.15, 0.2) is 0 Å². The Bertz CT molecular complexity index is 553. The quantitative estimate of drug-likeness (QED) is 0.535. The molecular weight excluding hydrogens is 360 g/mol. The van der Waals surface area contributed by atoms with Gasteiger partial charge in [-0.25, -0.2) is 19.2 Å². The Kier molecular flexibility index (Phi) is 6.68.